The van der Waals surface area contributed by atoms with E-state index in [0.717, 1.165) is 96.3 Å². The van der Waals surface area contributed by atoms with Crippen LogP contribution in [0.25, 0.3) is 0 Å². The van der Waals surface area contributed by atoms with Crippen molar-refractivity contribution in [3.63, 3.8) is 0 Å². The Morgan fingerprint density at radius 3 is 1.32 bits per heavy atom. The van der Waals surface area contributed by atoms with Crippen molar-refractivity contribution in [3.8, 4) is 0 Å². The highest BCUT2D eigenvalue weighted by Crippen LogP contribution is 2.33. The highest BCUT2D eigenvalue weighted by molar-refractivity contribution is 5.76. The Morgan fingerprint density at radius 1 is 0.440 bits per heavy atom. The maximum Gasteiger partial charge on any atom is 0.220 e. The monoisotopic (exact) mass is 1190 g/mol. The fourth-order valence-electron chi connectivity index (χ4n) is 9.45. The highest BCUT2D eigenvalue weighted by Gasteiger charge is 2.53. The molecule has 0 aromatic carbocycles. The molecule has 3 saturated heterocycles. The number of nitrogens with one attached hydrogen (secondary N) is 1. The van der Waals surface area contributed by atoms with Gasteiger partial charge in [0.05, 0.1) is 38.6 Å². The average molecular weight is 1190 g/mol. The van der Waals surface area contributed by atoms with Crippen molar-refractivity contribution >= 4 is 5.91 Å². The zero-order valence-corrected chi connectivity index (χ0v) is 49.8. The number of carbonyl (C=O) groups excluding carboxylic acids is 1. The molecule has 3 aliphatic rings. The first-order valence-electron chi connectivity index (χ1n) is 30.8. The minimum atomic E-state index is -1.99. The number of carbonyl (C=O) groups is 1. The average Bonchev–Trinajstić information content (AvgIpc) is 2.80. The Bertz CT molecular complexity index is 2000. The van der Waals surface area contributed by atoms with Gasteiger partial charge in [0.2, 0.25) is 5.91 Å². The fraction of sp³-hybridized carbons (Fsp3) is 0.677. The third-order valence-corrected chi connectivity index (χ3v) is 14.5. The third kappa shape index (κ3) is 29.3. The lowest BCUT2D eigenvalue weighted by Crippen LogP contribution is -2.66. The molecule has 478 valence electrons. The first kappa shape index (κ1) is 74.4. The Balaban J connectivity index is 1.44. The highest BCUT2D eigenvalue weighted by atomic mass is 16.8. The van der Waals surface area contributed by atoms with E-state index >= 15 is 0 Å². The van der Waals surface area contributed by atoms with Crippen LogP contribution in [0.15, 0.2) is 122 Å². The molecule has 0 bridgehead atoms. The van der Waals surface area contributed by atoms with Crippen molar-refractivity contribution in [2.45, 2.75) is 253 Å². The van der Waals surface area contributed by atoms with E-state index in [2.05, 4.69) is 129 Å². The Morgan fingerprint density at radius 2 is 0.833 bits per heavy atom. The second-order valence-electron chi connectivity index (χ2n) is 21.4. The lowest BCUT2D eigenvalue weighted by atomic mass is 9.96. The summed E-state index contributed by atoms with van der Waals surface area (Å²) in [5.74, 6) is -0.320. The lowest BCUT2D eigenvalue weighted by Gasteiger charge is -2.48. The smallest absolute Gasteiger partial charge is 0.220 e. The third-order valence-electron chi connectivity index (χ3n) is 14.5. The number of aliphatic hydroxyl groups excluding tert-OH is 11. The molecule has 3 fully saturated rings. The first-order valence-corrected chi connectivity index (χ1v) is 30.8. The summed E-state index contributed by atoms with van der Waals surface area (Å²) in [6.45, 7) is 1.48. The molecule has 17 unspecified atom stereocenters. The summed E-state index contributed by atoms with van der Waals surface area (Å²) in [5.41, 5.74) is 0. The summed E-state index contributed by atoms with van der Waals surface area (Å²) in [6, 6.07) is -1.01. The second-order valence-corrected chi connectivity index (χ2v) is 21.4. The van der Waals surface area contributed by atoms with Crippen molar-refractivity contribution in [2.75, 3.05) is 26.4 Å². The molecule has 0 aromatic heterocycles. The van der Waals surface area contributed by atoms with Gasteiger partial charge in [0.15, 0.2) is 18.9 Å². The van der Waals surface area contributed by atoms with Gasteiger partial charge in [0, 0.05) is 6.42 Å². The van der Waals surface area contributed by atoms with Gasteiger partial charge in [-0.1, -0.05) is 167 Å². The van der Waals surface area contributed by atoms with Crippen molar-refractivity contribution in [3.05, 3.63) is 122 Å². The SMILES string of the molecule is CC/C=C\C/C=C\C/C=C\C/C=C\C/C=C\C/C=C\C/C=C\C/C=C\CCCCCCC(=O)NC(COC1OC(CO)C(OC2OC(CO)C(OC3OC(CO)C(O)C(O)C3O)C(O)C2O)C(O)C1O)C(O)/C=C/CC/C=C/CCCCCC. The summed E-state index contributed by atoms with van der Waals surface area (Å²) in [4.78, 5) is 13.3. The van der Waals surface area contributed by atoms with Gasteiger partial charge in [0.25, 0.3) is 0 Å². The first-order chi connectivity index (χ1) is 40.8. The molecular formula is C65H105NO18. The molecule has 12 N–H and O–H groups in total. The lowest BCUT2D eigenvalue weighted by molar-refractivity contribution is -0.379. The quantitative estimate of drug-likeness (QED) is 0.0243. The van der Waals surface area contributed by atoms with Gasteiger partial charge in [-0.15, -0.1) is 0 Å². The fourth-order valence-corrected chi connectivity index (χ4v) is 9.45. The summed E-state index contributed by atoms with van der Waals surface area (Å²) in [6.07, 6.45) is 34.9. The molecule has 0 aromatic rings. The molecule has 19 heteroatoms. The van der Waals surface area contributed by atoms with Crippen molar-refractivity contribution in [2.24, 2.45) is 0 Å². The molecule has 17 atom stereocenters. The van der Waals surface area contributed by atoms with Gasteiger partial charge < -0.3 is 89.9 Å². The van der Waals surface area contributed by atoms with Crippen LogP contribution in [-0.4, -0.2) is 193 Å². The molecule has 0 aliphatic carbocycles. The van der Waals surface area contributed by atoms with Crippen LogP contribution in [0, 0.1) is 0 Å². The maximum absolute atomic E-state index is 13.3. The predicted molar refractivity (Wildman–Crippen MR) is 323 cm³/mol. The zero-order chi connectivity index (χ0) is 61.2. The Hall–Kier alpha value is -3.81. The van der Waals surface area contributed by atoms with Gasteiger partial charge in [-0.05, 0) is 96.3 Å². The molecule has 3 aliphatic heterocycles. The van der Waals surface area contributed by atoms with Crippen LogP contribution < -0.4 is 5.32 Å². The van der Waals surface area contributed by atoms with Crippen LogP contribution >= 0.6 is 0 Å². The van der Waals surface area contributed by atoms with Crippen LogP contribution in [0.5, 0.6) is 0 Å². The topological polar surface area (TPSA) is 307 Å². The van der Waals surface area contributed by atoms with E-state index in [4.69, 9.17) is 28.4 Å². The molecule has 84 heavy (non-hydrogen) atoms. The number of aliphatic hydroxyl groups is 11. The summed E-state index contributed by atoms with van der Waals surface area (Å²) >= 11 is 0. The van der Waals surface area contributed by atoms with E-state index in [1.54, 1.807) is 6.08 Å². The van der Waals surface area contributed by atoms with Gasteiger partial charge in [-0.2, -0.15) is 0 Å². The van der Waals surface area contributed by atoms with E-state index in [1.165, 1.54) is 19.3 Å². The molecule has 0 spiro atoms. The van der Waals surface area contributed by atoms with Crippen molar-refractivity contribution < 1.29 is 89.4 Å². The van der Waals surface area contributed by atoms with Gasteiger partial charge in [-0.25, -0.2) is 0 Å². The van der Waals surface area contributed by atoms with Crippen LogP contribution in [0.4, 0.5) is 0 Å². The number of allylic oxidation sites excluding steroid dienone is 19. The largest absolute Gasteiger partial charge is 0.394 e. The van der Waals surface area contributed by atoms with Crippen LogP contribution in [-0.2, 0) is 33.2 Å². The van der Waals surface area contributed by atoms with E-state index in [0.29, 0.717) is 12.8 Å². The van der Waals surface area contributed by atoms with E-state index in [-0.39, 0.29) is 18.9 Å². The van der Waals surface area contributed by atoms with E-state index in [9.17, 15) is 61.0 Å². The minimum Gasteiger partial charge on any atom is -0.394 e. The number of hydrogen-bond donors (Lipinski definition) is 12. The molecule has 0 radical (unpaired) electrons. The summed E-state index contributed by atoms with van der Waals surface area (Å²) in [7, 11) is 0. The Labute approximate surface area is 499 Å². The molecule has 0 saturated carbocycles. The maximum atomic E-state index is 13.3. The second kappa shape index (κ2) is 46.4. The van der Waals surface area contributed by atoms with Crippen LogP contribution in [0.1, 0.15) is 149 Å². The molecule has 3 rings (SSSR count). The predicted octanol–water partition coefficient (Wildman–Crippen LogP) is 6.09. The molecule has 19 nitrogen and oxygen atoms in total. The summed E-state index contributed by atoms with van der Waals surface area (Å²) < 4.78 is 34.1. The Kier molecular flexibility index (Phi) is 41.1. The van der Waals surface area contributed by atoms with Gasteiger partial charge in [-0.3, -0.25) is 4.79 Å². The molecular weight excluding hydrogens is 1080 g/mol. The van der Waals surface area contributed by atoms with E-state index < -0.39 is 124 Å². The van der Waals surface area contributed by atoms with Crippen LogP contribution in [0.3, 0.4) is 0 Å². The van der Waals surface area contributed by atoms with Crippen molar-refractivity contribution in [1.82, 2.24) is 5.32 Å². The van der Waals surface area contributed by atoms with Crippen molar-refractivity contribution in [1.29, 1.82) is 0 Å². The standard InChI is InChI=1S/C65H105NO18/c1-3-5-7-9-11-13-15-16-17-18-19-20-21-22-23-24-25-26-27-28-29-30-31-32-33-35-37-39-41-43-53(71)66-48(49(70)42-40-38-36-34-14-12-10-8-6-4-2)47-79-63-59(77)56(74)61(51(45-68)81-63)84-65-60(78)57(75)62(52(46-69)82-65)83-64-58(76)55(73)54(72)50(44-67)80-64/h5,7,11,13-14,16-17,19-20,22-23,25-26,28-29,31-32,34,40,42,48-52,54-65,67-70,72-78H,3-4,6,8-10,12,15,18,21,24,27,30,33,35-39,41,43-47H2,1-2H3,(H,66,71)/b7-5-,13-11-,17-16-,20-19-,23-22-,26-25-,29-28-,32-31-,34-14+,42-40+. The van der Waals surface area contributed by atoms with Crippen LogP contribution in [0.2, 0.25) is 0 Å². The summed E-state index contributed by atoms with van der Waals surface area (Å²) in [5, 5.41) is 120. The number of hydrogen-bond acceptors (Lipinski definition) is 18. The zero-order valence-electron chi connectivity index (χ0n) is 49.8. The normalized spacial score (nSPS) is 30.0. The van der Waals surface area contributed by atoms with E-state index in [1.807, 2.05) is 6.08 Å². The van der Waals surface area contributed by atoms with Gasteiger partial charge >= 0.3 is 0 Å². The number of rotatable bonds is 43. The number of amides is 1. The number of unbranched alkanes of at least 4 members (excludes halogenated alkanes) is 9. The molecule has 3 heterocycles. The minimum absolute atomic E-state index is 0.196. The molecule has 1 amide bonds. The number of ether oxygens (including phenoxy) is 6. The van der Waals surface area contributed by atoms with Gasteiger partial charge in [0.1, 0.15) is 73.2 Å².